The average Bonchev–Trinajstić information content (AvgIpc) is 3.13. The molecule has 0 bridgehead atoms. The summed E-state index contributed by atoms with van der Waals surface area (Å²) in [6.07, 6.45) is 0.932. The number of rotatable bonds is 6. The maximum Gasteiger partial charge on any atom is 0.295 e. The van der Waals surface area contributed by atoms with Crippen LogP contribution in [0.25, 0.3) is 11.0 Å². The number of halogens is 1. The van der Waals surface area contributed by atoms with Gasteiger partial charge in [-0.15, -0.1) is 0 Å². The SMILES string of the molecule is CC(C)CCOc1cccc(C2c3c(oc4ccc(Cl)cc4c3=O)C(=O)N2c2ccccc2)c1. The van der Waals surface area contributed by atoms with Crippen LogP contribution in [0, 0.1) is 5.92 Å². The van der Waals surface area contributed by atoms with Gasteiger partial charge < -0.3 is 9.15 Å². The van der Waals surface area contributed by atoms with Gasteiger partial charge >= 0.3 is 0 Å². The normalized spacial score (nSPS) is 15.2. The van der Waals surface area contributed by atoms with Gasteiger partial charge in [-0.1, -0.05) is 55.8 Å². The van der Waals surface area contributed by atoms with Gasteiger partial charge in [0.05, 0.1) is 23.6 Å². The van der Waals surface area contributed by atoms with Crippen LogP contribution in [0.2, 0.25) is 5.02 Å². The third-order valence-corrected chi connectivity index (χ3v) is 6.24. The summed E-state index contributed by atoms with van der Waals surface area (Å²) in [5.41, 5.74) is 1.83. The second kappa shape index (κ2) is 8.99. The molecule has 34 heavy (non-hydrogen) atoms. The van der Waals surface area contributed by atoms with E-state index in [1.54, 1.807) is 23.1 Å². The van der Waals surface area contributed by atoms with Gasteiger partial charge in [-0.3, -0.25) is 14.5 Å². The molecule has 0 fully saturated rings. The minimum absolute atomic E-state index is 0.0554. The molecule has 0 aliphatic carbocycles. The zero-order chi connectivity index (χ0) is 23.8. The molecule has 1 aliphatic rings. The van der Waals surface area contributed by atoms with E-state index in [0.29, 0.717) is 45.5 Å². The van der Waals surface area contributed by atoms with Crippen LogP contribution in [0.15, 0.2) is 82.0 Å². The average molecular weight is 474 g/mol. The number of carbonyl (C=O) groups excluding carboxylic acids is 1. The molecule has 1 amide bonds. The van der Waals surface area contributed by atoms with Gasteiger partial charge in [0, 0.05) is 10.7 Å². The third kappa shape index (κ3) is 3.97. The van der Waals surface area contributed by atoms with Crippen molar-refractivity contribution in [1.29, 1.82) is 0 Å². The predicted molar refractivity (Wildman–Crippen MR) is 134 cm³/mol. The quantitative estimate of drug-likeness (QED) is 0.315. The molecule has 1 atom stereocenters. The van der Waals surface area contributed by atoms with Crippen LogP contribution < -0.4 is 15.1 Å². The van der Waals surface area contributed by atoms with E-state index in [1.807, 2.05) is 54.6 Å². The van der Waals surface area contributed by atoms with Gasteiger partial charge in [-0.05, 0) is 60.4 Å². The summed E-state index contributed by atoms with van der Waals surface area (Å²) in [5, 5.41) is 0.782. The Hall–Kier alpha value is -3.57. The fourth-order valence-electron chi connectivity index (χ4n) is 4.30. The molecule has 3 aromatic carbocycles. The topological polar surface area (TPSA) is 59.8 Å². The Morgan fingerprint density at radius 2 is 1.79 bits per heavy atom. The highest BCUT2D eigenvalue weighted by molar-refractivity contribution is 6.31. The number of benzene rings is 3. The summed E-state index contributed by atoms with van der Waals surface area (Å²) in [7, 11) is 0. The van der Waals surface area contributed by atoms with E-state index in [0.717, 1.165) is 12.0 Å². The van der Waals surface area contributed by atoms with Gasteiger partial charge in [0.15, 0.2) is 5.43 Å². The molecule has 0 radical (unpaired) electrons. The molecular weight excluding hydrogens is 450 g/mol. The summed E-state index contributed by atoms with van der Waals surface area (Å²) in [6.45, 7) is 4.89. The highest BCUT2D eigenvalue weighted by Gasteiger charge is 2.43. The van der Waals surface area contributed by atoms with Crippen molar-refractivity contribution in [2.45, 2.75) is 26.3 Å². The Balaban J connectivity index is 1.68. The Labute approximate surface area is 202 Å². The second-order valence-corrected chi connectivity index (χ2v) is 9.27. The molecule has 4 aromatic rings. The largest absolute Gasteiger partial charge is 0.494 e. The Morgan fingerprint density at radius 1 is 1.00 bits per heavy atom. The summed E-state index contributed by atoms with van der Waals surface area (Å²) in [5.74, 6) is 0.923. The van der Waals surface area contributed by atoms with Crippen molar-refractivity contribution >= 4 is 34.2 Å². The van der Waals surface area contributed by atoms with Gasteiger partial charge in [0.1, 0.15) is 11.3 Å². The number of para-hydroxylation sites is 1. The van der Waals surface area contributed by atoms with E-state index in [2.05, 4.69) is 13.8 Å². The van der Waals surface area contributed by atoms with Crippen molar-refractivity contribution in [2.75, 3.05) is 11.5 Å². The lowest BCUT2D eigenvalue weighted by atomic mass is 9.98. The number of fused-ring (bicyclic) bond motifs is 2. The van der Waals surface area contributed by atoms with Gasteiger partial charge in [0.2, 0.25) is 5.76 Å². The zero-order valence-corrected chi connectivity index (χ0v) is 19.7. The lowest BCUT2D eigenvalue weighted by Crippen LogP contribution is -2.29. The van der Waals surface area contributed by atoms with Crippen molar-refractivity contribution in [3.63, 3.8) is 0 Å². The minimum Gasteiger partial charge on any atom is -0.494 e. The molecule has 2 heterocycles. The molecule has 1 aliphatic heterocycles. The molecular formula is C28H24ClNO4. The van der Waals surface area contributed by atoms with E-state index in [1.165, 1.54) is 0 Å². The molecule has 5 nitrogen and oxygen atoms in total. The second-order valence-electron chi connectivity index (χ2n) is 8.83. The number of amides is 1. The lowest BCUT2D eigenvalue weighted by molar-refractivity contribution is 0.0971. The van der Waals surface area contributed by atoms with E-state index in [-0.39, 0.29) is 17.1 Å². The minimum atomic E-state index is -0.654. The molecule has 0 saturated heterocycles. The first-order valence-corrected chi connectivity index (χ1v) is 11.7. The van der Waals surface area contributed by atoms with Crippen LogP contribution in [0.3, 0.4) is 0 Å². The van der Waals surface area contributed by atoms with E-state index in [9.17, 15) is 9.59 Å². The van der Waals surface area contributed by atoms with Crippen LogP contribution in [0.5, 0.6) is 5.75 Å². The molecule has 0 saturated carbocycles. The van der Waals surface area contributed by atoms with Crippen LogP contribution in [-0.2, 0) is 0 Å². The van der Waals surface area contributed by atoms with Gasteiger partial charge in [0.25, 0.3) is 5.91 Å². The van der Waals surface area contributed by atoms with E-state index < -0.39 is 6.04 Å². The number of nitrogens with zero attached hydrogens (tertiary/aromatic N) is 1. The van der Waals surface area contributed by atoms with Crippen molar-refractivity contribution in [3.05, 3.63) is 105 Å². The van der Waals surface area contributed by atoms with Gasteiger partial charge in [-0.25, -0.2) is 0 Å². The fourth-order valence-corrected chi connectivity index (χ4v) is 4.47. The Kier molecular flexibility index (Phi) is 5.88. The summed E-state index contributed by atoms with van der Waals surface area (Å²) in [6, 6.07) is 21.1. The number of hydrogen-bond acceptors (Lipinski definition) is 4. The van der Waals surface area contributed by atoms with E-state index in [4.69, 9.17) is 20.8 Å². The number of anilines is 1. The maximum absolute atomic E-state index is 13.7. The third-order valence-electron chi connectivity index (χ3n) is 6.00. The van der Waals surface area contributed by atoms with Crippen LogP contribution >= 0.6 is 11.6 Å². The van der Waals surface area contributed by atoms with Crippen LogP contribution in [0.4, 0.5) is 5.69 Å². The summed E-state index contributed by atoms with van der Waals surface area (Å²) in [4.78, 5) is 28.9. The molecule has 1 aromatic heterocycles. The first-order chi connectivity index (χ1) is 16.4. The molecule has 0 spiro atoms. The zero-order valence-electron chi connectivity index (χ0n) is 19.0. The lowest BCUT2D eigenvalue weighted by Gasteiger charge is -2.25. The van der Waals surface area contributed by atoms with Crippen molar-refractivity contribution in [3.8, 4) is 5.75 Å². The van der Waals surface area contributed by atoms with Crippen molar-refractivity contribution < 1.29 is 13.9 Å². The Morgan fingerprint density at radius 3 is 2.56 bits per heavy atom. The summed E-state index contributed by atoms with van der Waals surface area (Å²) < 4.78 is 12.0. The molecule has 5 rings (SSSR count). The van der Waals surface area contributed by atoms with Crippen molar-refractivity contribution in [2.24, 2.45) is 5.92 Å². The van der Waals surface area contributed by atoms with Crippen molar-refractivity contribution in [1.82, 2.24) is 0 Å². The predicted octanol–water partition coefficient (Wildman–Crippen LogP) is 6.62. The molecule has 0 N–H and O–H groups in total. The highest BCUT2D eigenvalue weighted by Crippen LogP contribution is 2.42. The first-order valence-electron chi connectivity index (χ1n) is 11.3. The summed E-state index contributed by atoms with van der Waals surface area (Å²) >= 11 is 6.17. The first kappa shape index (κ1) is 22.2. The maximum atomic E-state index is 13.7. The van der Waals surface area contributed by atoms with Crippen LogP contribution in [-0.4, -0.2) is 12.5 Å². The number of hydrogen-bond donors (Lipinski definition) is 0. The highest BCUT2D eigenvalue weighted by atomic mass is 35.5. The van der Waals surface area contributed by atoms with Crippen LogP contribution in [0.1, 0.15) is 48.0 Å². The van der Waals surface area contributed by atoms with E-state index >= 15 is 0 Å². The number of ether oxygens (including phenoxy) is 1. The monoisotopic (exact) mass is 473 g/mol. The molecule has 1 unspecified atom stereocenters. The Bertz CT molecular complexity index is 1430. The standard InChI is InChI=1S/C28H24ClNO4/c1-17(2)13-14-33-21-10-6-7-18(15-21)25-24-26(31)22-16-19(29)11-12-23(22)34-27(24)28(32)30(25)20-8-4-3-5-9-20/h3-12,15-17,25H,13-14H2,1-2H3. The fraction of sp³-hybridized carbons (Fsp3) is 0.214. The smallest absolute Gasteiger partial charge is 0.295 e. The molecule has 6 heteroatoms. The number of carbonyl (C=O) groups is 1. The molecule has 172 valence electrons. The van der Waals surface area contributed by atoms with Gasteiger partial charge in [-0.2, -0.15) is 0 Å².